The van der Waals surface area contributed by atoms with Gasteiger partial charge in [-0.15, -0.1) is 0 Å². The summed E-state index contributed by atoms with van der Waals surface area (Å²) in [6.07, 6.45) is -4.46. The van der Waals surface area contributed by atoms with Gasteiger partial charge in [0.05, 0.1) is 0 Å². The molecule has 0 aromatic carbocycles. The maximum atomic E-state index is 11.8. The van der Waals surface area contributed by atoms with Crippen LogP contribution in [0.25, 0.3) is 0 Å². The topological polar surface area (TPSA) is 54.9 Å². The SMILES string of the molecule is Cc1cc(C(=O)NCC(F)(F)F)nc(Cl)n1. The van der Waals surface area contributed by atoms with Gasteiger partial charge >= 0.3 is 6.18 Å². The largest absolute Gasteiger partial charge is 0.405 e. The maximum absolute atomic E-state index is 11.8. The first-order valence-electron chi connectivity index (χ1n) is 4.14. The van der Waals surface area contributed by atoms with Crippen molar-refractivity contribution in [2.24, 2.45) is 0 Å². The Morgan fingerprint density at radius 1 is 1.50 bits per heavy atom. The lowest BCUT2D eigenvalue weighted by Crippen LogP contribution is -2.34. The Bertz CT molecular complexity index is 388. The number of amides is 1. The van der Waals surface area contributed by atoms with Crippen molar-refractivity contribution < 1.29 is 18.0 Å². The molecule has 88 valence electrons. The zero-order valence-electron chi connectivity index (χ0n) is 8.10. The van der Waals surface area contributed by atoms with Crippen LogP contribution in [0.4, 0.5) is 13.2 Å². The molecule has 4 nitrogen and oxygen atoms in total. The van der Waals surface area contributed by atoms with Crippen molar-refractivity contribution in [3.05, 3.63) is 22.7 Å². The first-order chi connectivity index (χ1) is 7.28. The molecule has 0 spiro atoms. The van der Waals surface area contributed by atoms with Gasteiger partial charge in [0.25, 0.3) is 5.91 Å². The minimum absolute atomic E-state index is 0.183. The van der Waals surface area contributed by atoms with Crippen molar-refractivity contribution in [2.75, 3.05) is 6.54 Å². The predicted molar refractivity (Wildman–Crippen MR) is 50.2 cm³/mol. The summed E-state index contributed by atoms with van der Waals surface area (Å²) in [5.74, 6) is -0.940. The van der Waals surface area contributed by atoms with E-state index >= 15 is 0 Å². The molecule has 0 fully saturated rings. The third-order valence-corrected chi connectivity index (χ3v) is 1.68. The lowest BCUT2D eigenvalue weighted by molar-refractivity contribution is -0.123. The van der Waals surface area contributed by atoms with Gasteiger partial charge in [-0.2, -0.15) is 13.2 Å². The number of hydrogen-bond acceptors (Lipinski definition) is 3. The second-order valence-corrected chi connectivity index (χ2v) is 3.30. The molecule has 1 amide bonds. The lowest BCUT2D eigenvalue weighted by Gasteiger charge is -2.08. The van der Waals surface area contributed by atoms with E-state index in [2.05, 4.69) is 9.97 Å². The first-order valence-corrected chi connectivity index (χ1v) is 4.52. The van der Waals surface area contributed by atoms with Gasteiger partial charge in [-0.1, -0.05) is 0 Å². The molecule has 0 bridgehead atoms. The van der Waals surface area contributed by atoms with Gasteiger partial charge < -0.3 is 5.32 Å². The Balaban J connectivity index is 2.73. The highest BCUT2D eigenvalue weighted by atomic mass is 35.5. The molecule has 0 saturated heterocycles. The average molecular weight is 254 g/mol. The Kier molecular flexibility index (Phi) is 3.69. The summed E-state index contributed by atoms with van der Waals surface area (Å²) < 4.78 is 35.5. The molecule has 1 N–H and O–H groups in total. The number of aryl methyl sites for hydroxylation is 1. The van der Waals surface area contributed by atoms with Gasteiger partial charge in [0.15, 0.2) is 0 Å². The van der Waals surface area contributed by atoms with E-state index in [-0.39, 0.29) is 11.0 Å². The summed E-state index contributed by atoms with van der Waals surface area (Å²) in [5, 5.41) is 1.50. The van der Waals surface area contributed by atoms with E-state index in [1.807, 2.05) is 0 Å². The second-order valence-electron chi connectivity index (χ2n) is 2.96. The quantitative estimate of drug-likeness (QED) is 0.817. The minimum Gasteiger partial charge on any atom is -0.342 e. The molecule has 0 radical (unpaired) electrons. The molecule has 16 heavy (non-hydrogen) atoms. The van der Waals surface area contributed by atoms with Crippen LogP contribution in [0.15, 0.2) is 6.07 Å². The monoisotopic (exact) mass is 253 g/mol. The first kappa shape index (κ1) is 12.7. The minimum atomic E-state index is -4.46. The molecule has 0 saturated carbocycles. The number of aromatic nitrogens is 2. The highest BCUT2D eigenvalue weighted by Crippen LogP contribution is 2.12. The third-order valence-electron chi connectivity index (χ3n) is 1.51. The Morgan fingerprint density at radius 3 is 2.62 bits per heavy atom. The van der Waals surface area contributed by atoms with E-state index < -0.39 is 18.6 Å². The summed E-state index contributed by atoms with van der Waals surface area (Å²) in [7, 11) is 0. The van der Waals surface area contributed by atoms with Crippen molar-refractivity contribution in [3.63, 3.8) is 0 Å². The van der Waals surface area contributed by atoms with Gasteiger partial charge in [0.1, 0.15) is 12.2 Å². The van der Waals surface area contributed by atoms with Crippen LogP contribution in [0.2, 0.25) is 5.28 Å². The molecule has 1 rings (SSSR count). The number of nitrogens with zero attached hydrogens (tertiary/aromatic N) is 2. The molecular formula is C8H7ClF3N3O. The van der Waals surface area contributed by atoms with Crippen molar-refractivity contribution in [1.29, 1.82) is 0 Å². The Hall–Kier alpha value is -1.37. The van der Waals surface area contributed by atoms with E-state index in [4.69, 9.17) is 11.6 Å². The molecule has 1 aromatic rings. The smallest absolute Gasteiger partial charge is 0.342 e. The van der Waals surface area contributed by atoms with E-state index in [9.17, 15) is 18.0 Å². The zero-order chi connectivity index (χ0) is 12.3. The van der Waals surface area contributed by atoms with Gasteiger partial charge in [0, 0.05) is 5.69 Å². The Morgan fingerprint density at radius 2 is 2.12 bits per heavy atom. The second kappa shape index (κ2) is 4.65. The van der Waals surface area contributed by atoms with Crippen LogP contribution >= 0.6 is 11.6 Å². The summed E-state index contributed by atoms with van der Waals surface area (Å²) in [4.78, 5) is 18.4. The van der Waals surface area contributed by atoms with Crippen LogP contribution < -0.4 is 5.32 Å². The lowest BCUT2D eigenvalue weighted by atomic mass is 10.3. The summed E-state index contributed by atoms with van der Waals surface area (Å²) in [6, 6.07) is 1.25. The van der Waals surface area contributed by atoms with Crippen LogP contribution in [-0.4, -0.2) is 28.6 Å². The van der Waals surface area contributed by atoms with E-state index in [1.54, 1.807) is 12.2 Å². The highest BCUT2D eigenvalue weighted by molar-refractivity contribution is 6.28. The van der Waals surface area contributed by atoms with Crippen molar-refractivity contribution in [3.8, 4) is 0 Å². The number of nitrogens with one attached hydrogen (secondary N) is 1. The van der Waals surface area contributed by atoms with Gasteiger partial charge in [-0.05, 0) is 24.6 Å². The fourth-order valence-electron chi connectivity index (χ4n) is 0.920. The van der Waals surface area contributed by atoms with Gasteiger partial charge in [0.2, 0.25) is 5.28 Å². The summed E-state index contributed by atoms with van der Waals surface area (Å²) in [6.45, 7) is 0.139. The van der Waals surface area contributed by atoms with Gasteiger partial charge in [-0.3, -0.25) is 4.79 Å². The molecule has 1 heterocycles. The summed E-state index contributed by atoms with van der Waals surface area (Å²) in [5.41, 5.74) is 0.207. The fourth-order valence-corrected chi connectivity index (χ4v) is 1.14. The number of carbonyl (C=O) groups is 1. The van der Waals surface area contributed by atoms with Crippen molar-refractivity contribution in [2.45, 2.75) is 13.1 Å². The van der Waals surface area contributed by atoms with Crippen LogP contribution in [-0.2, 0) is 0 Å². The van der Waals surface area contributed by atoms with Crippen molar-refractivity contribution in [1.82, 2.24) is 15.3 Å². The Labute approximate surface area is 93.8 Å². The molecule has 0 unspecified atom stereocenters. The molecule has 0 aliphatic rings. The zero-order valence-corrected chi connectivity index (χ0v) is 8.85. The number of alkyl halides is 3. The average Bonchev–Trinajstić information content (AvgIpc) is 2.11. The third kappa shape index (κ3) is 4.01. The molecule has 1 aromatic heterocycles. The van der Waals surface area contributed by atoms with Crippen LogP contribution in [0, 0.1) is 6.92 Å². The van der Waals surface area contributed by atoms with Crippen LogP contribution in [0.3, 0.4) is 0 Å². The van der Waals surface area contributed by atoms with E-state index in [0.29, 0.717) is 5.69 Å². The molecule has 0 aliphatic carbocycles. The molecular weight excluding hydrogens is 247 g/mol. The van der Waals surface area contributed by atoms with Gasteiger partial charge in [-0.25, -0.2) is 9.97 Å². The maximum Gasteiger partial charge on any atom is 0.405 e. The highest BCUT2D eigenvalue weighted by Gasteiger charge is 2.28. The normalized spacial score (nSPS) is 11.3. The summed E-state index contributed by atoms with van der Waals surface area (Å²) >= 11 is 5.46. The molecule has 0 aliphatic heterocycles. The standard InChI is InChI=1S/C8H7ClF3N3O/c1-4-2-5(15-7(9)14-4)6(16)13-3-8(10,11)12/h2H,3H2,1H3,(H,13,16). The molecule has 8 heteroatoms. The predicted octanol–water partition coefficient (Wildman–Crippen LogP) is 1.73. The van der Waals surface area contributed by atoms with Crippen LogP contribution in [0.1, 0.15) is 16.2 Å². The number of hydrogen-bond donors (Lipinski definition) is 1. The number of halogens is 4. The number of rotatable bonds is 2. The fraction of sp³-hybridized carbons (Fsp3) is 0.375. The van der Waals surface area contributed by atoms with E-state index in [1.165, 1.54) is 6.07 Å². The van der Waals surface area contributed by atoms with Crippen molar-refractivity contribution >= 4 is 17.5 Å². The van der Waals surface area contributed by atoms with E-state index in [0.717, 1.165) is 0 Å². The molecule has 0 atom stereocenters. The van der Waals surface area contributed by atoms with Crippen LogP contribution in [0.5, 0.6) is 0 Å². The number of carbonyl (C=O) groups excluding carboxylic acids is 1.